The predicted molar refractivity (Wildman–Crippen MR) is 119 cm³/mol. The molecule has 2 aromatic rings. The third-order valence-electron chi connectivity index (χ3n) is 6.58. The smallest absolute Gasteiger partial charge is 0.408 e. The van der Waals surface area contributed by atoms with Gasteiger partial charge in [0.05, 0.1) is 6.42 Å². The third-order valence-corrected chi connectivity index (χ3v) is 6.58. The lowest BCUT2D eigenvalue weighted by molar-refractivity contribution is -0.138. The van der Waals surface area contributed by atoms with Gasteiger partial charge in [0.25, 0.3) is 0 Å². The number of aliphatic carboxylic acids is 1. The molecule has 0 bridgehead atoms. The van der Waals surface area contributed by atoms with Crippen molar-refractivity contribution in [3.05, 3.63) is 59.7 Å². The van der Waals surface area contributed by atoms with Crippen LogP contribution in [0.25, 0.3) is 11.1 Å². The molecule has 0 heterocycles. The molecule has 1 unspecified atom stereocenters. The molecule has 0 aromatic heterocycles. The highest BCUT2D eigenvalue weighted by Gasteiger charge is 2.46. The number of benzene rings is 2. The number of fused-ring (bicyclic) bond motifs is 3. The SMILES string of the molecule is CCC(CC(=O)O)NC(=O)C1(NC(=O)OCC2c3ccccc3-c3ccccc32)CCC1. The Kier molecular flexibility index (Phi) is 6.17. The number of carboxylic acids is 1. The molecule has 7 nitrogen and oxygen atoms in total. The van der Waals surface area contributed by atoms with Gasteiger partial charge in [0, 0.05) is 12.0 Å². The van der Waals surface area contributed by atoms with Crippen molar-refractivity contribution in [3.63, 3.8) is 0 Å². The summed E-state index contributed by atoms with van der Waals surface area (Å²) >= 11 is 0. The van der Waals surface area contributed by atoms with E-state index in [2.05, 4.69) is 34.9 Å². The minimum absolute atomic E-state index is 0.0562. The van der Waals surface area contributed by atoms with Crippen LogP contribution in [0.4, 0.5) is 4.79 Å². The van der Waals surface area contributed by atoms with Crippen LogP contribution in [0.1, 0.15) is 56.1 Å². The molecule has 0 radical (unpaired) electrons. The molecule has 4 rings (SSSR count). The minimum atomic E-state index is -1.03. The van der Waals surface area contributed by atoms with E-state index >= 15 is 0 Å². The van der Waals surface area contributed by atoms with Gasteiger partial charge in [0.15, 0.2) is 0 Å². The molecule has 0 saturated heterocycles. The molecule has 3 N–H and O–H groups in total. The first kappa shape index (κ1) is 21.9. The summed E-state index contributed by atoms with van der Waals surface area (Å²) in [4.78, 5) is 36.5. The maximum Gasteiger partial charge on any atom is 0.408 e. The van der Waals surface area contributed by atoms with Gasteiger partial charge in [-0.1, -0.05) is 55.5 Å². The predicted octanol–water partition coefficient (Wildman–Crippen LogP) is 3.82. The number of rotatable bonds is 8. The van der Waals surface area contributed by atoms with Gasteiger partial charge in [0.2, 0.25) is 5.91 Å². The molecule has 2 aromatic carbocycles. The van der Waals surface area contributed by atoms with Crippen LogP contribution in [0, 0.1) is 0 Å². The van der Waals surface area contributed by atoms with Crippen molar-refractivity contribution in [3.8, 4) is 11.1 Å². The molecule has 7 heteroatoms. The summed E-state index contributed by atoms with van der Waals surface area (Å²) in [5, 5.41) is 14.6. The quantitative estimate of drug-likeness (QED) is 0.584. The van der Waals surface area contributed by atoms with Crippen LogP contribution in [0.2, 0.25) is 0 Å². The summed E-state index contributed by atoms with van der Waals surface area (Å²) in [5.41, 5.74) is 3.51. The molecule has 0 spiro atoms. The Morgan fingerprint density at radius 3 is 2.16 bits per heavy atom. The maximum atomic E-state index is 12.8. The summed E-state index contributed by atoms with van der Waals surface area (Å²) in [5.74, 6) is -1.37. The fourth-order valence-electron chi connectivity index (χ4n) is 4.60. The van der Waals surface area contributed by atoms with E-state index < -0.39 is 23.6 Å². The van der Waals surface area contributed by atoms with E-state index in [1.165, 1.54) is 0 Å². The van der Waals surface area contributed by atoms with E-state index in [1.54, 1.807) is 0 Å². The van der Waals surface area contributed by atoms with Gasteiger partial charge in [-0.3, -0.25) is 9.59 Å². The van der Waals surface area contributed by atoms with Crippen molar-refractivity contribution in [1.29, 1.82) is 0 Å². The summed E-state index contributed by atoms with van der Waals surface area (Å²) in [6.07, 6.45) is 1.54. The van der Waals surface area contributed by atoms with E-state index in [-0.39, 0.29) is 24.9 Å². The molecule has 2 aliphatic carbocycles. The van der Waals surface area contributed by atoms with Crippen LogP contribution in [-0.4, -0.2) is 41.3 Å². The Hall–Kier alpha value is -3.35. The molecule has 1 fully saturated rings. The first-order chi connectivity index (χ1) is 15.4. The van der Waals surface area contributed by atoms with Crippen LogP contribution in [0.15, 0.2) is 48.5 Å². The number of carboxylic acid groups (broad SMARTS) is 1. The monoisotopic (exact) mass is 436 g/mol. The van der Waals surface area contributed by atoms with Gasteiger partial charge in [-0.05, 0) is 47.9 Å². The molecule has 2 amide bonds. The number of amides is 2. The molecule has 32 heavy (non-hydrogen) atoms. The Labute approximate surface area is 187 Å². The summed E-state index contributed by atoms with van der Waals surface area (Å²) in [7, 11) is 0. The molecule has 168 valence electrons. The molecule has 2 aliphatic rings. The van der Waals surface area contributed by atoms with Crippen LogP contribution >= 0.6 is 0 Å². The first-order valence-electron chi connectivity index (χ1n) is 11.1. The average molecular weight is 437 g/mol. The first-order valence-corrected chi connectivity index (χ1v) is 11.1. The number of ether oxygens (including phenoxy) is 1. The maximum absolute atomic E-state index is 12.8. The fourth-order valence-corrected chi connectivity index (χ4v) is 4.60. The van der Waals surface area contributed by atoms with E-state index in [0.29, 0.717) is 19.3 Å². The largest absolute Gasteiger partial charge is 0.481 e. The second-order valence-electron chi connectivity index (χ2n) is 8.56. The topological polar surface area (TPSA) is 105 Å². The molecular formula is C25H28N2O5. The van der Waals surface area contributed by atoms with E-state index in [4.69, 9.17) is 9.84 Å². The average Bonchev–Trinajstić information content (AvgIpc) is 3.07. The Balaban J connectivity index is 1.40. The van der Waals surface area contributed by atoms with E-state index in [9.17, 15) is 14.4 Å². The lowest BCUT2D eigenvalue weighted by Gasteiger charge is -2.41. The zero-order valence-electron chi connectivity index (χ0n) is 18.1. The van der Waals surface area contributed by atoms with E-state index in [1.807, 2.05) is 31.2 Å². The number of nitrogens with one attached hydrogen (secondary N) is 2. The summed E-state index contributed by atoms with van der Waals surface area (Å²) in [6, 6.07) is 15.7. The van der Waals surface area contributed by atoms with Crippen LogP contribution in [0.3, 0.4) is 0 Å². The number of hydrogen-bond acceptors (Lipinski definition) is 4. The van der Waals surface area contributed by atoms with Gasteiger partial charge in [0.1, 0.15) is 12.1 Å². The zero-order chi connectivity index (χ0) is 22.7. The van der Waals surface area contributed by atoms with Crippen molar-refractivity contribution in [2.45, 2.75) is 56.5 Å². The highest BCUT2D eigenvalue weighted by molar-refractivity contribution is 5.91. The molecule has 1 saturated carbocycles. The number of carbonyl (C=O) groups excluding carboxylic acids is 2. The highest BCUT2D eigenvalue weighted by Crippen LogP contribution is 2.44. The Morgan fingerprint density at radius 1 is 1.06 bits per heavy atom. The summed E-state index contributed by atoms with van der Waals surface area (Å²) < 4.78 is 5.59. The van der Waals surface area contributed by atoms with Gasteiger partial charge >= 0.3 is 12.1 Å². The standard InChI is InChI=1S/C25H28N2O5/c1-2-16(14-22(28)29)26-23(30)25(12-7-13-25)27-24(31)32-15-21-19-10-5-3-8-17(19)18-9-4-6-11-20(18)21/h3-6,8-11,16,21H,2,7,12-15H2,1H3,(H,26,30)(H,27,31)(H,28,29). The third kappa shape index (κ3) is 4.20. The lowest BCUT2D eigenvalue weighted by atomic mass is 9.76. The Morgan fingerprint density at radius 2 is 1.66 bits per heavy atom. The Bertz CT molecular complexity index is 985. The van der Waals surface area contributed by atoms with Crippen molar-refractivity contribution >= 4 is 18.0 Å². The van der Waals surface area contributed by atoms with Crippen LogP contribution in [-0.2, 0) is 14.3 Å². The van der Waals surface area contributed by atoms with Crippen molar-refractivity contribution in [1.82, 2.24) is 10.6 Å². The normalized spacial score (nSPS) is 16.8. The second kappa shape index (κ2) is 9.02. The molecule has 1 atom stereocenters. The van der Waals surface area contributed by atoms with Gasteiger partial charge in [-0.25, -0.2) is 4.79 Å². The van der Waals surface area contributed by atoms with Crippen molar-refractivity contribution < 1.29 is 24.2 Å². The van der Waals surface area contributed by atoms with Gasteiger partial charge in [-0.2, -0.15) is 0 Å². The molecular weight excluding hydrogens is 408 g/mol. The number of carbonyl (C=O) groups is 3. The van der Waals surface area contributed by atoms with E-state index in [0.717, 1.165) is 28.7 Å². The minimum Gasteiger partial charge on any atom is -0.481 e. The van der Waals surface area contributed by atoms with Crippen LogP contribution in [0.5, 0.6) is 0 Å². The van der Waals surface area contributed by atoms with Crippen molar-refractivity contribution in [2.75, 3.05) is 6.61 Å². The zero-order valence-corrected chi connectivity index (χ0v) is 18.1. The lowest BCUT2D eigenvalue weighted by Crippen LogP contribution is -2.64. The number of hydrogen-bond donors (Lipinski definition) is 3. The second-order valence-corrected chi connectivity index (χ2v) is 8.56. The van der Waals surface area contributed by atoms with Crippen molar-refractivity contribution in [2.24, 2.45) is 0 Å². The van der Waals surface area contributed by atoms with Crippen LogP contribution < -0.4 is 10.6 Å². The van der Waals surface area contributed by atoms with Gasteiger partial charge < -0.3 is 20.5 Å². The highest BCUT2D eigenvalue weighted by atomic mass is 16.5. The summed E-state index contributed by atoms with van der Waals surface area (Å²) in [6.45, 7) is 1.99. The number of alkyl carbamates (subject to hydrolysis) is 1. The molecule has 0 aliphatic heterocycles. The van der Waals surface area contributed by atoms with Gasteiger partial charge in [-0.15, -0.1) is 0 Å². The fraction of sp³-hybridized carbons (Fsp3) is 0.400.